The van der Waals surface area contributed by atoms with Gasteiger partial charge in [-0.15, -0.1) is 0 Å². The zero-order valence-corrected chi connectivity index (χ0v) is 17.3. The van der Waals surface area contributed by atoms with Gasteiger partial charge in [-0.2, -0.15) is 5.10 Å². The fraction of sp³-hybridized carbons (Fsp3) is 0.143. The van der Waals surface area contributed by atoms with Crippen LogP contribution in [0.5, 0.6) is 0 Å². The number of nitrogens with one attached hydrogen (secondary N) is 1. The first-order chi connectivity index (χ1) is 14.2. The first kappa shape index (κ1) is 20.0. The molecule has 0 aliphatic carbocycles. The molecule has 4 aromatic rings. The summed E-state index contributed by atoms with van der Waals surface area (Å²) in [5.74, 6) is -1.79. The van der Waals surface area contributed by atoms with Gasteiger partial charge >= 0.3 is 0 Å². The predicted molar refractivity (Wildman–Crippen MR) is 110 cm³/mol. The Kier molecular flexibility index (Phi) is 4.77. The summed E-state index contributed by atoms with van der Waals surface area (Å²) in [6, 6.07) is 9.49. The van der Waals surface area contributed by atoms with E-state index in [0.717, 1.165) is 23.5 Å². The van der Waals surface area contributed by atoms with Crippen molar-refractivity contribution in [1.82, 2.24) is 14.6 Å². The van der Waals surface area contributed by atoms with Crippen LogP contribution in [-0.2, 0) is 10.0 Å². The van der Waals surface area contributed by atoms with Crippen LogP contribution in [0.25, 0.3) is 16.8 Å². The highest BCUT2D eigenvalue weighted by Gasteiger charge is 2.21. The Morgan fingerprint density at radius 3 is 2.50 bits per heavy atom. The second-order valence-electron chi connectivity index (χ2n) is 7.04. The number of nitrogens with zero attached hydrogens (tertiary/aromatic N) is 3. The molecular weight excluding hydrogens is 410 g/mol. The lowest BCUT2D eigenvalue weighted by molar-refractivity contribution is 0.582. The van der Waals surface area contributed by atoms with Gasteiger partial charge < -0.3 is 0 Å². The largest absolute Gasteiger partial charge is 0.277 e. The van der Waals surface area contributed by atoms with Gasteiger partial charge in [-0.3, -0.25) is 4.72 Å². The maximum atomic E-state index is 14.0. The van der Waals surface area contributed by atoms with Gasteiger partial charge in [-0.1, -0.05) is 12.1 Å². The van der Waals surface area contributed by atoms with Crippen LogP contribution in [0.4, 0.5) is 14.5 Å². The zero-order chi connectivity index (χ0) is 21.6. The molecule has 0 unspecified atom stereocenters. The Hall–Kier alpha value is -3.33. The van der Waals surface area contributed by atoms with Crippen LogP contribution >= 0.6 is 0 Å². The molecule has 0 aliphatic rings. The molecule has 9 heteroatoms. The molecule has 1 N–H and O–H groups in total. The fourth-order valence-electron chi connectivity index (χ4n) is 3.30. The van der Waals surface area contributed by atoms with E-state index < -0.39 is 21.7 Å². The van der Waals surface area contributed by atoms with Gasteiger partial charge in [0, 0.05) is 23.0 Å². The third-order valence-corrected chi connectivity index (χ3v) is 6.25. The molecule has 0 spiro atoms. The number of sulfonamides is 1. The summed E-state index contributed by atoms with van der Waals surface area (Å²) in [5, 5.41) is 4.34. The van der Waals surface area contributed by atoms with E-state index in [4.69, 9.17) is 0 Å². The average Bonchev–Trinajstić information content (AvgIpc) is 3.08. The standard InChI is InChI=1S/C21H18F2N4O2S/c1-12-4-5-15(17-11-24-27-14(3)8-13(2)25-21(17)27)9-20(12)30(28,29)26-19-7-6-16(22)10-18(19)23/h4-11,26H,1-3H3. The molecule has 0 radical (unpaired) electrons. The normalized spacial score (nSPS) is 11.8. The molecule has 0 saturated carbocycles. The van der Waals surface area contributed by atoms with Gasteiger partial charge in [-0.05, 0) is 56.2 Å². The van der Waals surface area contributed by atoms with Crippen molar-refractivity contribution < 1.29 is 17.2 Å². The van der Waals surface area contributed by atoms with Gasteiger partial charge in [-0.25, -0.2) is 26.7 Å². The lowest BCUT2D eigenvalue weighted by atomic mass is 10.1. The lowest BCUT2D eigenvalue weighted by Gasteiger charge is -2.12. The number of aromatic nitrogens is 3. The van der Waals surface area contributed by atoms with Crippen LogP contribution in [0.15, 0.2) is 53.6 Å². The molecule has 2 aromatic carbocycles. The quantitative estimate of drug-likeness (QED) is 0.523. The molecule has 0 atom stereocenters. The van der Waals surface area contributed by atoms with Gasteiger partial charge in [0.25, 0.3) is 10.0 Å². The molecule has 0 fully saturated rings. The average molecular weight is 428 g/mol. The summed E-state index contributed by atoms with van der Waals surface area (Å²) in [7, 11) is -4.12. The Morgan fingerprint density at radius 2 is 1.77 bits per heavy atom. The minimum absolute atomic E-state index is 0.0209. The molecule has 0 bridgehead atoms. The molecule has 154 valence electrons. The second-order valence-corrected chi connectivity index (χ2v) is 8.69. The summed E-state index contributed by atoms with van der Waals surface area (Å²) in [5.41, 5.74) is 3.75. The maximum absolute atomic E-state index is 14.0. The van der Waals surface area contributed by atoms with Gasteiger partial charge in [0.15, 0.2) is 5.65 Å². The molecule has 0 aliphatic heterocycles. The van der Waals surface area contributed by atoms with E-state index in [-0.39, 0.29) is 10.6 Å². The maximum Gasteiger partial charge on any atom is 0.262 e. The van der Waals surface area contributed by atoms with Crippen molar-refractivity contribution in [3.05, 3.63) is 77.2 Å². The van der Waals surface area contributed by atoms with E-state index in [1.807, 2.05) is 19.9 Å². The van der Waals surface area contributed by atoms with Crippen LogP contribution in [-0.4, -0.2) is 23.0 Å². The highest BCUT2D eigenvalue weighted by Crippen LogP contribution is 2.29. The number of halogens is 2. The van der Waals surface area contributed by atoms with Crippen LogP contribution in [0.1, 0.15) is 17.0 Å². The molecule has 4 rings (SSSR count). The number of hydrogen-bond donors (Lipinski definition) is 1. The molecule has 2 heterocycles. The third kappa shape index (κ3) is 3.52. The van der Waals surface area contributed by atoms with Crippen LogP contribution < -0.4 is 4.72 Å². The Bertz CT molecular complexity index is 1400. The van der Waals surface area contributed by atoms with Crippen molar-refractivity contribution in [2.24, 2.45) is 0 Å². The second kappa shape index (κ2) is 7.17. The Balaban J connectivity index is 1.81. The number of fused-ring (bicyclic) bond motifs is 1. The first-order valence-corrected chi connectivity index (χ1v) is 10.5. The summed E-state index contributed by atoms with van der Waals surface area (Å²) in [4.78, 5) is 4.50. The van der Waals surface area contributed by atoms with Gasteiger partial charge in [0.05, 0.1) is 16.8 Å². The minimum Gasteiger partial charge on any atom is -0.277 e. The van der Waals surface area contributed by atoms with Crippen molar-refractivity contribution in [3.8, 4) is 11.1 Å². The van der Waals surface area contributed by atoms with Crippen molar-refractivity contribution in [2.75, 3.05) is 4.72 Å². The third-order valence-electron chi connectivity index (χ3n) is 4.74. The van der Waals surface area contributed by atoms with Gasteiger partial charge in [0.1, 0.15) is 11.6 Å². The molecule has 6 nitrogen and oxygen atoms in total. The monoisotopic (exact) mass is 428 g/mol. The van der Waals surface area contributed by atoms with E-state index in [0.29, 0.717) is 28.4 Å². The molecular formula is C21H18F2N4O2S. The number of anilines is 1. The van der Waals surface area contributed by atoms with Crippen molar-refractivity contribution in [2.45, 2.75) is 25.7 Å². The smallest absolute Gasteiger partial charge is 0.262 e. The van der Waals surface area contributed by atoms with Crippen molar-refractivity contribution in [3.63, 3.8) is 0 Å². The van der Waals surface area contributed by atoms with Crippen LogP contribution in [0, 0.1) is 32.4 Å². The van der Waals surface area contributed by atoms with Crippen molar-refractivity contribution in [1.29, 1.82) is 0 Å². The SMILES string of the molecule is Cc1cc(C)n2ncc(-c3ccc(C)c(S(=O)(=O)Nc4ccc(F)cc4F)c3)c2n1. The number of benzene rings is 2. The Morgan fingerprint density at radius 1 is 1.00 bits per heavy atom. The topological polar surface area (TPSA) is 76.4 Å². The molecule has 0 amide bonds. The van der Waals surface area contributed by atoms with E-state index in [9.17, 15) is 17.2 Å². The summed E-state index contributed by atoms with van der Waals surface area (Å²) < 4.78 is 56.9. The minimum atomic E-state index is -4.12. The van der Waals surface area contributed by atoms with E-state index in [2.05, 4.69) is 14.8 Å². The lowest BCUT2D eigenvalue weighted by Crippen LogP contribution is -2.15. The van der Waals surface area contributed by atoms with Crippen molar-refractivity contribution >= 4 is 21.4 Å². The highest BCUT2D eigenvalue weighted by atomic mass is 32.2. The van der Waals surface area contributed by atoms with Gasteiger partial charge in [0.2, 0.25) is 0 Å². The first-order valence-electron chi connectivity index (χ1n) is 9.06. The zero-order valence-electron chi connectivity index (χ0n) is 16.4. The molecule has 2 aromatic heterocycles. The van der Waals surface area contributed by atoms with E-state index in [1.165, 1.54) is 6.07 Å². The highest BCUT2D eigenvalue weighted by molar-refractivity contribution is 7.92. The number of aryl methyl sites for hydroxylation is 3. The fourth-order valence-corrected chi connectivity index (χ4v) is 4.64. The predicted octanol–water partition coefficient (Wildman–Crippen LogP) is 4.40. The molecule has 0 saturated heterocycles. The number of hydrogen-bond acceptors (Lipinski definition) is 4. The Labute approximate surface area is 172 Å². The molecule has 30 heavy (non-hydrogen) atoms. The summed E-state index contributed by atoms with van der Waals surface area (Å²) in [6.07, 6.45) is 1.63. The number of rotatable bonds is 4. The summed E-state index contributed by atoms with van der Waals surface area (Å²) >= 11 is 0. The van der Waals surface area contributed by atoms with Crippen LogP contribution in [0.3, 0.4) is 0 Å². The van der Waals surface area contributed by atoms with E-state index in [1.54, 1.807) is 29.8 Å². The van der Waals surface area contributed by atoms with E-state index >= 15 is 0 Å². The summed E-state index contributed by atoms with van der Waals surface area (Å²) in [6.45, 7) is 5.42. The van der Waals surface area contributed by atoms with Crippen LogP contribution in [0.2, 0.25) is 0 Å².